The number of para-hydroxylation sites is 1. The van der Waals surface area contributed by atoms with E-state index < -0.39 is 12.4 Å². The summed E-state index contributed by atoms with van der Waals surface area (Å²) in [6, 6.07) is 6.72. The van der Waals surface area contributed by atoms with Crippen molar-refractivity contribution in [1.29, 1.82) is 0 Å². The molecule has 0 saturated heterocycles. The molecule has 2 N–H and O–H groups in total. The van der Waals surface area contributed by atoms with E-state index in [0.29, 0.717) is 17.7 Å². The number of amides is 1. The Morgan fingerprint density at radius 3 is 2.68 bits per heavy atom. The number of carbonyl (C=O) groups is 1. The summed E-state index contributed by atoms with van der Waals surface area (Å²) < 4.78 is 46.2. The van der Waals surface area contributed by atoms with Gasteiger partial charge in [0.15, 0.2) is 5.82 Å². The number of anilines is 1. The minimum Gasteiger partial charge on any atom is -0.405 e. The summed E-state index contributed by atoms with van der Waals surface area (Å²) in [6.07, 6.45) is -4.34. The van der Waals surface area contributed by atoms with Crippen LogP contribution in [0.15, 0.2) is 34.9 Å². The minimum absolute atomic E-state index is 0.0377. The fourth-order valence-corrected chi connectivity index (χ4v) is 2.17. The molecule has 0 aliphatic rings. The summed E-state index contributed by atoms with van der Waals surface area (Å²) in [5, 5.41) is 9.17. The Kier molecular flexibility index (Phi) is 6.02. The Morgan fingerprint density at radius 2 is 2.08 bits per heavy atom. The summed E-state index contributed by atoms with van der Waals surface area (Å²) in [5.74, 6) is 0.174. The van der Waals surface area contributed by atoms with Gasteiger partial charge in [-0.3, -0.25) is 4.79 Å². The van der Waals surface area contributed by atoms with Crippen molar-refractivity contribution in [3.05, 3.63) is 41.7 Å². The zero-order valence-electron chi connectivity index (χ0n) is 13.7. The summed E-state index contributed by atoms with van der Waals surface area (Å²) in [4.78, 5) is 12.2. The minimum atomic E-state index is -4.78. The van der Waals surface area contributed by atoms with Crippen molar-refractivity contribution in [2.75, 3.05) is 5.32 Å². The normalized spacial score (nSPS) is 12.7. The van der Waals surface area contributed by atoms with Gasteiger partial charge in [-0.2, -0.15) is 0 Å². The lowest BCUT2D eigenvalue weighted by Crippen LogP contribution is -2.39. The molecule has 0 fully saturated rings. The van der Waals surface area contributed by atoms with Crippen LogP contribution < -0.4 is 15.4 Å². The number of halogens is 3. The standard InChI is InChI=1S/C16H18F3N3O3/c1-3-12(15(23)21-14-8-10(2)25-22-14)20-9-11-6-4-5-7-13(11)24-16(17,18)19/h4-8,12,20H,3,9H2,1-2H3,(H,21,22,23)/t12-/m0/s1. The molecule has 1 amide bonds. The molecule has 1 atom stereocenters. The van der Waals surface area contributed by atoms with Crippen molar-refractivity contribution >= 4 is 11.7 Å². The first-order valence-electron chi connectivity index (χ1n) is 7.59. The van der Waals surface area contributed by atoms with Gasteiger partial charge in [0.1, 0.15) is 11.5 Å². The van der Waals surface area contributed by atoms with Gasteiger partial charge >= 0.3 is 6.36 Å². The van der Waals surface area contributed by atoms with Gasteiger partial charge in [0, 0.05) is 18.2 Å². The maximum atomic E-state index is 12.4. The molecule has 9 heteroatoms. The van der Waals surface area contributed by atoms with Crippen molar-refractivity contribution in [3.8, 4) is 5.75 Å². The first-order chi connectivity index (χ1) is 11.8. The van der Waals surface area contributed by atoms with E-state index in [4.69, 9.17) is 4.52 Å². The molecule has 6 nitrogen and oxygen atoms in total. The van der Waals surface area contributed by atoms with Crippen LogP contribution in [0.25, 0.3) is 0 Å². The van der Waals surface area contributed by atoms with Crippen LogP contribution in [0.4, 0.5) is 19.0 Å². The van der Waals surface area contributed by atoms with Crippen LogP contribution in [0.3, 0.4) is 0 Å². The van der Waals surface area contributed by atoms with E-state index in [1.54, 1.807) is 26.0 Å². The molecule has 2 aromatic rings. The Hall–Kier alpha value is -2.55. The molecule has 1 aromatic heterocycles. The van der Waals surface area contributed by atoms with Crippen LogP contribution in [-0.4, -0.2) is 23.5 Å². The quantitative estimate of drug-likeness (QED) is 0.794. The number of nitrogens with one attached hydrogen (secondary N) is 2. The summed E-state index contributed by atoms with van der Waals surface area (Å²) in [5.41, 5.74) is 0.295. The van der Waals surface area contributed by atoms with Gasteiger partial charge in [-0.1, -0.05) is 30.3 Å². The number of hydrogen-bond donors (Lipinski definition) is 2. The highest BCUT2D eigenvalue weighted by molar-refractivity contribution is 5.93. The second-order valence-corrected chi connectivity index (χ2v) is 5.31. The van der Waals surface area contributed by atoms with Crippen LogP contribution in [0.1, 0.15) is 24.7 Å². The molecule has 1 heterocycles. The van der Waals surface area contributed by atoms with Crippen LogP contribution in [0, 0.1) is 6.92 Å². The second-order valence-electron chi connectivity index (χ2n) is 5.31. The highest BCUT2D eigenvalue weighted by Gasteiger charge is 2.32. The lowest BCUT2D eigenvalue weighted by molar-refractivity contribution is -0.274. The molecule has 0 unspecified atom stereocenters. The molecule has 136 valence electrons. The highest BCUT2D eigenvalue weighted by atomic mass is 19.4. The third-order valence-corrected chi connectivity index (χ3v) is 3.34. The lowest BCUT2D eigenvalue weighted by atomic mass is 10.1. The van der Waals surface area contributed by atoms with Crippen LogP contribution >= 0.6 is 0 Å². The average Bonchev–Trinajstić information content (AvgIpc) is 2.93. The number of carbonyl (C=O) groups excluding carboxylic acids is 1. The Bertz CT molecular complexity index is 716. The van der Waals surface area contributed by atoms with E-state index in [1.807, 2.05) is 0 Å². The molecule has 25 heavy (non-hydrogen) atoms. The number of aryl methyl sites for hydroxylation is 1. The van der Waals surface area contributed by atoms with Crippen molar-refractivity contribution in [2.24, 2.45) is 0 Å². The molecule has 0 saturated carbocycles. The predicted octanol–water partition coefficient (Wildman–Crippen LogP) is 3.39. The zero-order chi connectivity index (χ0) is 18.4. The number of nitrogens with zero attached hydrogens (tertiary/aromatic N) is 1. The zero-order valence-corrected chi connectivity index (χ0v) is 13.7. The largest absolute Gasteiger partial charge is 0.573 e. The van der Waals surface area contributed by atoms with E-state index in [2.05, 4.69) is 20.5 Å². The molecule has 0 spiro atoms. The lowest BCUT2D eigenvalue weighted by Gasteiger charge is -2.18. The van der Waals surface area contributed by atoms with Crippen LogP contribution in [0.2, 0.25) is 0 Å². The SMILES string of the molecule is CC[C@H](NCc1ccccc1OC(F)(F)F)C(=O)Nc1cc(C)on1. The van der Waals surface area contributed by atoms with Crippen molar-refractivity contribution in [2.45, 2.75) is 39.2 Å². The molecule has 0 aliphatic heterocycles. The third kappa shape index (κ3) is 5.79. The Labute approximate surface area is 142 Å². The van der Waals surface area contributed by atoms with Crippen LogP contribution in [0.5, 0.6) is 5.75 Å². The van der Waals surface area contributed by atoms with Gasteiger partial charge in [0.2, 0.25) is 5.91 Å². The fourth-order valence-electron chi connectivity index (χ4n) is 2.17. The maximum absolute atomic E-state index is 12.4. The summed E-state index contributed by atoms with van der Waals surface area (Å²) in [7, 11) is 0. The molecule has 0 bridgehead atoms. The van der Waals surface area contributed by atoms with Gasteiger partial charge < -0.3 is 19.9 Å². The fraction of sp³-hybridized carbons (Fsp3) is 0.375. The van der Waals surface area contributed by atoms with E-state index in [0.717, 1.165) is 0 Å². The van der Waals surface area contributed by atoms with Gasteiger partial charge in [-0.15, -0.1) is 13.2 Å². The first kappa shape index (κ1) is 18.8. The predicted molar refractivity (Wildman–Crippen MR) is 83.9 cm³/mol. The van der Waals surface area contributed by atoms with Gasteiger partial charge in [0.05, 0.1) is 6.04 Å². The number of ether oxygens (including phenoxy) is 1. The first-order valence-corrected chi connectivity index (χ1v) is 7.59. The Morgan fingerprint density at radius 1 is 1.36 bits per heavy atom. The van der Waals surface area contributed by atoms with E-state index in [-0.39, 0.29) is 24.0 Å². The molecular formula is C16H18F3N3O3. The molecule has 0 aliphatic carbocycles. The van der Waals surface area contributed by atoms with E-state index >= 15 is 0 Å². The Balaban J connectivity index is 1.99. The van der Waals surface area contributed by atoms with Gasteiger partial charge in [-0.05, 0) is 19.4 Å². The summed E-state index contributed by atoms with van der Waals surface area (Å²) in [6.45, 7) is 3.51. The smallest absolute Gasteiger partial charge is 0.405 e. The molecular weight excluding hydrogens is 339 g/mol. The van der Waals surface area contributed by atoms with Gasteiger partial charge in [0.25, 0.3) is 0 Å². The monoisotopic (exact) mass is 357 g/mol. The number of rotatable bonds is 7. The van der Waals surface area contributed by atoms with Crippen molar-refractivity contribution in [3.63, 3.8) is 0 Å². The second kappa shape index (κ2) is 8.02. The maximum Gasteiger partial charge on any atom is 0.573 e. The average molecular weight is 357 g/mol. The number of hydrogen-bond acceptors (Lipinski definition) is 5. The number of alkyl halides is 3. The van der Waals surface area contributed by atoms with Crippen LogP contribution in [-0.2, 0) is 11.3 Å². The number of benzene rings is 1. The third-order valence-electron chi connectivity index (χ3n) is 3.34. The molecule has 2 rings (SSSR count). The topological polar surface area (TPSA) is 76.4 Å². The summed E-state index contributed by atoms with van der Waals surface area (Å²) >= 11 is 0. The van der Waals surface area contributed by atoms with Crippen molar-refractivity contribution < 1.29 is 27.2 Å². The molecule has 0 radical (unpaired) electrons. The van der Waals surface area contributed by atoms with E-state index in [1.165, 1.54) is 18.2 Å². The van der Waals surface area contributed by atoms with Gasteiger partial charge in [-0.25, -0.2) is 0 Å². The number of aromatic nitrogens is 1. The molecule has 1 aromatic carbocycles. The van der Waals surface area contributed by atoms with E-state index in [9.17, 15) is 18.0 Å². The van der Waals surface area contributed by atoms with Crippen molar-refractivity contribution in [1.82, 2.24) is 10.5 Å². The highest BCUT2D eigenvalue weighted by Crippen LogP contribution is 2.26.